The number of carbonyl (C=O) groups excluding carboxylic acids is 1. The molecule has 0 aliphatic heterocycles. The number of carbonyl (C=O) groups is 1. The minimum atomic E-state index is -0.852. The van der Waals surface area contributed by atoms with E-state index in [0.717, 1.165) is 38.2 Å². The van der Waals surface area contributed by atoms with E-state index < -0.39 is 16.6 Å². The molecule has 1 amide bonds. The van der Waals surface area contributed by atoms with Crippen LogP contribution in [0.5, 0.6) is 0 Å². The van der Waals surface area contributed by atoms with Crippen LogP contribution in [0.25, 0.3) is 0 Å². The highest BCUT2D eigenvalue weighted by atomic mass is 19.1. The second-order valence-corrected chi connectivity index (χ2v) is 7.33. The maximum absolute atomic E-state index is 14.3. The summed E-state index contributed by atoms with van der Waals surface area (Å²) in [4.78, 5) is 24.6. The average molecular weight is 364 g/mol. The Morgan fingerprint density at radius 1 is 1.38 bits per heavy atom. The molecule has 1 spiro atoms. The van der Waals surface area contributed by atoms with Gasteiger partial charge in [-0.25, -0.2) is 4.39 Å². The lowest BCUT2D eigenvalue weighted by Gasteiger charge is -2.60. The van der Waals surface area contributed by atoms with Crippen LogP contribution in [0.2, 0.25) is 0 Å². The van der Waals surface area contributed by atoms with E-state index in [1.807, 2.05) is 6.92 Å². The molecular formula is C19H25FN2O4. The van der Waals surface area contributed by atoms with Crippen LogP contribution in [0, 0.1) is 21.3 Å². The number of hydrogen-bond acceptors (Lipinski definition) is 4. The first-order chi connectivity index (χ1) is 12.4. The maximum Gasteiger partial charge on any atom is 0.272 e. The highest BCUT2D eigenvalue weighted by Crippen LogP contribution is 2.55. The molecule has 7 heteroatoms. The van der Waals surface area contributed by atoms with E-state index in [9.17, 15) is 19.3 Å². The largest absolute Gasteiger partial charge is 0.378 e. The van der Waals surface area contributed by atoms with Gasteiger partial charge in [-0.3, -0.25) is 14.9 Å². The lowest BCUT2D eigenvalue weighted by atomic mass is 9.54. The Morgan fingerprint density at radius 2 is 2.08 bits per heavy atom. The van der Waals surface area contributed by atoms with Crippen LogP contribution in [-0.2, 0) is 4.74 Å². The van der Waals surface area contributed by atoms with Crippen LogP contribution < -0.4 is 0 Å². The van der Waals surface area contributed by atoms with E-state index in [1.54, 1.807) is 11.9 Å². The van der Waals surface area contributed by atoms with Gasteiger partial charge in [0.25, 0.3) is 11.6 Å². The first kappa shape index (κ1) is 18.8. The third-order valence-corrected chi connectivity index (χ3v) is 6.08. The van der Waals surface area contributed by atoms with Gasteiger partial charge in [0.15, 0.2) is 0 Å². The van der Waals surface area contributed by atoms with Crippen LogP contribution in [0.1, 0.15) is 55.8 Å². The molecule has 2 aliphatic carbocycles. The molecule has 0 unspecified atom stereocenters. The van der Waals surface area contributed by atoms with Crippen molar-refractivity contribution >= 4 is 11.6 Å². The number of amides is 1. The summed E-state index contributed by atoms with van der Waals surface area (Å²) >= 11 is 0. The highest BCUT2D eigenvalue weighted by molar-refractivity contribution is 5.95. The molecule has 2 atom stereocenters. The zero-order valence-electron chi connectivity index (χ0n) is 15.2. The Morgan fingerprint density at radius 3 is 2.65 bits per heavy atom. The Balaban J connectivity index is 1.81. The van der Waals surface area contributed by atoms with Gasteiger partial charge in [-0.15, -0.1) is 0 Å². The van der Waals surface area contributed by atoms with Gasteiger partial charge in [-0.2, -0.15) is 0 Å². The number of nitro benzene ring substituents is 1. The third kappa shape index (κ3) is 3.09. The second kappa shape index (κ2) is 7.31. The van der Waals surface area contributed by atoms with Gasteiger partial charge in [-0.1, -0.05) is 19.3 Å². The molecule has 0 aromatic heterocycles. The smallest absolute Gasteiger partial charge is 0.272 e. The van der Waals surface area contributed by atoms with Crippen LogP contribution in [0.15, 0.2) is 18.2 Å². The van der Waals surface area contributed by atoms with Crippen molar-refractivity contribution in [1.29, 1.82) is 0 Å². The van der Waals surface area contributed by atoms with Gasteiger partial charge in [0.1, 0.15) is 5.82 Å². The van der Waals surface area contributed by atoms with E-state index in [-0.39, 0.29) is 28.8 Å². The lowest BCUT2D eigenvalue weighted by Crippen LogP contribution is -2.65. The third-order valence-electron chi connectivity index (χ3n) is 6.08. The number of rotatable bonds is 5. The molecule has 2 fully saturated rings. The molecule has 0 saturated heterocycles. The standard InChI is InChI=1S/C19H25FN2O4/c1-3-26-17-12-16(19(17)9-5-4-6-10-19)21(2)18(23)14-8-7-13(22(24)25)11-15(14)20/h7-8,11,16-17H,3-6,9-10,12H2,1-2H3/t16-,17+/m1/s1. The minimum Gasteiger partial charge on any atom is -0.378 e. The van der Waals surface area contributed by atoms with E-state index >= 15 is 0 Å². The Kier molecular flexibility index (Phi) is 5.27. The zero-order chi connectivity index (χ0) is 18.9. The van der Waals surface area contributed by atoms with Crippen molar-refractivity contribution in [2.24, 2.45) is 5.41 Å². The number of non-ortho nitro benzene ring substituents is 1. The van der Waals surface area contributed by atoms with Crippen molar-refractivity contribution in [3.05, 3.63) is 39.7 Å². The molecule has 142 valence electrons. The summed E-state index contributed by atoms with van der Waals surface area (Å²) in [6.07, 6.45) is 6.37. The summed E-state index contributed by atoms with van der Waals surface area (Å²) in [6.45, 7) is 2.62. The van der Waals surface area contributed by atoms with Crippen molar-refractivity contribution in [2.45, 2.75) is 57.6 Å². The first-order valence-electron chi connectivity index (χ1n) is 9.23. The van der Waals surface area contributed by atoms with Crippen molar-refractivity contribution < 1.29 is 18.8 Å². The van der Waals surface area contributed by atoms with Gasteiger partial charge in [0.2, 0.25) is 0 Å². The SMILES string of the molecule is CCO[C@H]1C[C@@H](N(C)C(=O)c2ccc([N+](=O)[O-])cc2F)C12CCCCC2. The predicted octanol–water partition coefficient (Wildman–Crippen LogP) is 3.93. The average Bonchev–Trinajstić information content (AvgIpc) is 2.64. The van der Waals surface area contributed by atoms with Crippen molar-refractivity contribution in [1.82, 2.24) is 4.90 Å². The molecule has 2 saturated carbocycles. The van der Waals surface area contributed by atoms with E-state index in [4.69, 9.17) is 4.74 Å². The summed E-state index contributed by atoms with van der Waals surface area (Å²) in [6, 6.07) is 3.20. The molecule has 0 bridgehead atoms. The number of halogens is 1. The molecule has 0 radical (unpaired) electrons. The number of ether oxygens (including phenoxy) is 1. The quantitative estimate of drug-likeness (QED) is 0.586. The minimum absolute atomic E-state index is 0.0152. The topological polar surface area (TPSA) is 72.7 Å². The molecule has 26 heavy (non-hydrogen) atoms. The number of nitro groups is 1. The molecule has 2 aliphatic rings. The van der Waals surface area contributed by atoms with Crippen LogP contribution in [0.4, 0.5) is 10.1 Å². The molecule has 1 aromatic rings. The summed E-state index contributed by atoms with van der Waals surface area (Å²) < 4.78 is 20.2. The van der Waals surface area contributed by atoms with Crippen LogP contribution in [-0.4, -0.2) is 41.5 Å². The van der Waals surface area contributed by atoms with Crippen LogP contribution in [0.3, 0.4) is 0 Å². The Bertz CT molecular complexity index is 703. The molecule has 0 N–H and O–H groups in total. The summed E-state index contributed by atoms with van der Waals surface area (Å²) in [7, 11) is 1.70. The first-order valence-corrected chi connectivity index (χ1v) is 9.23. The van der Waals surface area contributed by atoms with Gasteiger partial charge in [0.05, 0.1) is 22.7 Å². The van der Waals surface area contributed by atoms with Crippen molar-refractivity contribution in [3.63, 3.8) is 0 Å². The predicted molar refractivity (Wildman–Crippen MR) is 94.5 cm³/mol. The van der Waals surface area contributed by atoms with E-state index in [1.165, 1.54) is 18.6 Å². The number of nitrogens with zero attached hydrogens (tertiary/aromatic N) is 2. The van der Waals surface area contributed by atoms with Gasteiger partial charge in [0, 0.05) is 31.2 Å². The fourth-order valence-corrected chi connectivity index (χ4v) is 4.69. The molecule has 6 nitrogen and oxygen atoms in total. The van der Waals surface area contributed by atoms with Gasteiger partial charge >= 0.3 is 0 Å². The molecule has 1 aromatic carbocycles. The molecular weight excluding hydrogens is 339 g/mol. The Labute approximate surface area is 152 Å². The van der Waals surface area contributed by atoms with Crippen molar-refractivity contribution in [2.75, 3.05) is 13.7 Å². The van der Waals surface area contributed by atoms with Gasteiger partial charge in [-0.05, 0) is 32.3 Å². The summed E-state index contributed by atoms with van der Waals surface area (Å²) in [5, 5.41) is 10.8. The second-order valence-electron chi connectivity index (χ2n) is 7.33. The Hall–Kier alpha value is -2.02. The number of hydrogen-bond donors (Lipinski definition) is 0. The monoisotopic (exact) mass is 364 g/mol. The molecule has 0 heterocycles. The summed E-state index contributed by atoms with van der Waals surface area (Å²) in [5.41, 5.74) is -0.523. The fraction of sp³-hybridized carbons (Fsp3) is 0.632. The fourth-order valence-electron chi connectivity index (χ4n) is 4.69. The normalized spacial score (nSPS) is 24.1. The summed E-state index contributed by atoms with van der Waals surface area (Å²) in [5.74, 6) is -1.28. The number of benzene rings is 1. The lowest BCUT2D eigenvalue weighted by molar-refractivity contribution is -0.385. The van der Waals surface area contributed by atoms with Gasteiger partial charge < -0.3 is 9.64 Å². The van der Waals surface area contributed by atoms with E-state index in [0.29, 0.717) is 6.61 Å². The van der Waals surface area contributed by atoms with Crippen LogP contribution >= 0.6 is 0 Å². The van der Waals surface area contributed by atoms with Crippen molar-refractivity contribution in [3.8, 4) is 0 Å². The molecule has 3 rings (SSSR count). The maximum atomic E-state index is 14.3. The zero-order valence-corrected chi connectivity index (χ0v) is 15.2. The van der Waals surface area contributed by atoms with E-state index in [2.05, 4.69) is 0 Å². The highest BCUT2D eigenvalue weighted by Gasteiger charge is 2.57.